The minimum absolute atomic E-state index is 0.0648. The maximum absolute atomic E-state index is 12.3. The molecule has 1 aliphatic rings. The van der Waals surface area contributed by atoms with Gasteiger partial charge >= 0.3 is 6.18 Å². The molecule has 7 heteroatoms. The maximum Gasteiger partial charge on any atom is 0.422 e. The lowest BCUT2D eigenvalue weighted by Gasteiger charge is -2.17. The van der Waals surface area contributed by atoms with E-state index in [9.17, 15) is 18.0 Å². The third-order valence-corrected chi connectivity index (χ3v) is 4.24. The van der Waals surface area contributed by atoms with Crippen molar-refractivity contribution in [3.05, 3.63) is 53.6 Å². The predicted molar refractivity (Wildman–Crippen MR) is 94.0 cm³/mol. The van der Waals surface area contributed by atoms with Gasteiger partial charge in [0.15, 0.2) is 6.61 Å². The molecule has 26 heavy (non-hydrogen) atoms. The van der Waals surface area contributed by atoms with E-state index >= 15 is 0 Å². The van der Waals surface area contributed by atoms with Crippen LogP contribution in [0, 0.1) is 0 Å². The highest BCUT2D eigenvalue weighted by Crippen LogP contribution is 2.30. The standard InChI is InChI=1S/C19H19F3N2O2/c1-2-24-10-9-13-3-6-15(11-17(13)24)23-18(25)14-4-7-16(8-5-14)26-12-19(20,21)22/h3-8,11H,2,9-10,12H2,1H3,(H,23,25). The Morgan fingerprint density at radius 2 is 1.92 bits per heavy atom. The third-order valence-electron chi connectivity index (χ3n) is 4.24. The molecule has 0 spiro atoms. The first-order chi connectivity index (χ1) is 12.4. The quantitative estimate of drug-likeness (QED) is 0.862. The lowest BCUT2D eigenvalue weighted by molar-refractivity contribution is -0.153. The highest BCUT2D eigenvalue weighted by Gasteiger charge is 2.28. The van der Waals surface area contributed by atoms with Crippen molar-refractivity contribution in [3.63, 3.8) is 0 Å². The van der Waals surface area contributed by atoms with Gasteiger partial charge in [0, 0.05) is 30.0 Å². The average Bonchev–Trinajstić information content (AvgIpc) is 3.02. The number of halogens is 3. The molecule has 1 N–H and O–H groups in total. The zero-order valence-electron chi connectivity index (χ0n) is 14.3. The first kappa shape index (κ1) is 18.1. The SMILES string of the molecule is CCN1CCc2ccc(NC(=O)c3ccc(OCC(F)(F)F)cc3)cc21. The van der Waals surface area contributed by atoms with Gasteiger partial charge in [0.2, 0.25) is 0 Å². The van der Waals surface area contributed by atoms with Gasteiger partial charge in [-0.25, -0.2) is 0 Å². The van der Waals surface area contributed by atoms with E-state index in [-0.39, 0.29) is 11.7 Å². The molecule has 0 radical (unpaired) electrons. The van der Waals surface area contributed by atoms with Gasteiger partial charge in [-0.05, 0) is 55.3 Å². The second-order valence-electron chi connectivity index (χ2n) is 6.06. The predicted octanol–water partition coefficient (Wildman–Crippen LogP) is 4.26. The first-order valence-corrected chi connectivity index (χ1v) is 8.34. The van der Waals surface area contributed by atoms with Gasteiger partial charge < -0.3 is 15.0 Å². The van der Waals surface area contributed by atoms with E-state index in [2.05, 4.69) is 21.9 Å². The summed E-state index contributed by atoms with van der Waals surface area (Å²) in [6.45, 7) is 2.61. The van der Waals surface area contributed by atoms with Crippen molar-refractivity contribution in [1.29, 1.82) is 0 Å². The minimum atomic E-state index is -4.39. The molecule has 0 atom stereocenters. The van der Waals surface area contributed by atoms with Crippen molar-refractivity contribution in [2.75, 3.05) is 29.9 Å². The summed E-state index contributed by atoms with van der Waals surface area (Å²) in [7, 11) is 0. The van der Waals surface area contributed by atoms with Crippen molar-refractivity contribution in [2.24, 2.45) is 0 Å². The van der Waals surface area contributed by atoms with Gasteiger partial charge in [0.05, 0.1) is 0 Å². The van der Waals surface area contributed by atoms with E-state index in [0.717, 1.165) is 25.2 Å². The fourth-order valence-electron chi connectivity index (χ4n) is 2.92. The molecule has 0 bridgehead atoms. The van der Waals surface area contributed by atoms with Gasteiger partial charge in [-0.2, -0.15) is 13.2 Å². The van der Waals surface area contributed by atoms with Crippen LogP contribution in [0.2, 0.25) is 0 Å². The molecule has 4 nitrogen and oxygen atoms in total. The number of hydrogen-bond donors (Lipinski definition) is 1. The summed E-state index contributed by atoms with van der Waals surface area (Å²) in [4.78, 5) is 14.6. The summed E-state index contributed by atoms with van der Waals surface area (Å²) in [5, 5.41) is 2.82. The van der Waals surface area contributed by atoms with E-state index in [0.29, 0.717) is 11.3 Å². The number of alkyl halides is 3. The number of hydrogen-bond acceptors (Lipinski definition) is 3. The van der Waals surface area contributed by atoms with Crippen LogP contribution < -0.4 is 15.0 Å². The first-order valence-electron chi connectivity index (χ1n) is 8.34. The molecule has 138 valence electrons. The van der Waals surface area contributed by atoms with Crippen LogP contribution in [0.3, 0.4) is 0 Å². The van der Waals surface area contributed by atoms with Crippen LogP contribution in [0.15, 0.2) is 42.5 Å². The summed E-state index contributed by atoms with van der Waals surface area (Å²) in [5.74, 6) is -0.261. The van der Waals surface area contributed by atoms with Crippen molar-refractivity contribution in [2.45, 2.75) is 19.5 Å². The Morgan fingerprint density at radius 1 is 1.19 bits per heavy atom. The molecule has 3 rings (SSSR count). The van der Waals surface area contributed by atoms with Gasteiger partial charge in [0.25, 0.3) is 5.91 Å². The van der Waals surface area contributed by atoms with Gasteiger partial charge in [-0.1, -0.05) is 6.07 Å². The van der Waals surface area contributed by atoms with E-state index < -0.39 is 12.8 Å². The fraction of sp³-hybridized carbons (Fsp3) is 0.316. The second-order valence-corrected chi connectivity index (χ2v) is 6.06. The Labute approximate surface area is 149 Å². The van der Waals surface area contributed by atoms with Gasteiger partial charge in [-0.15, -0.1) is 0 Å². The summed E-state index contributed by atoms with van der Waals surface area (Å²) >= 11 is 0. The zero-order valence-corrected chi connectivity index (χ0v) is 14.3. The lowest BCUT2D eigenvalue weighted by Crippen LogP contribution is -2.19. The molecule has 1 aliphatic heterocycles. The Kier molecular flexibility index (Phi) is 5.06. The van der Waals surface area contributed by atoms with E-state index in [1.54, 1.807) is 0 Å². The summed E-state index contributed by atoms with van der Waals surface area (Å²) < 4.78 is 41.1. The normalized spacial score (nSPS) is 13.5. The zero-order chi connectivity index (χ0) is 18.7. The molecule has 2 aromatic carbocycles. The largest absolute Gasteiger partial charge is 0.484 e. The highest BCUT2D eigenvalue weighted by molar-refractivity contribution is 6.04. The van der Waals surface area contributed by atoms with Crippen LogP contribution in [0.1, 0.15) is 22.8 Å². The van der Waals surface area contributed by atoms with E-state index in [1.165, 1.54) is 29.8 Å². The topological polar surface area (TPSA) is 41.6 Å². The van der Waals surface area contributed by atoms with Crippen LogP contribution >= 0.6 is 0 Å². The fourth-order valence-corrected chi connectivity index (χ4v) is 2.92. The second kappa shape index (κ2) is 7.27. The molecular formula is C19H19F3N2O2. The van der Waals surface area contributed by atoms with Crippen molar-refractivity contribution in [3.8, 4) is 5.75 Å². The number of likely N-dealkylation sites (N-methyl/N-ethyl adjacent to an activating group) is 1. The number of carbonyl (C=O) groups excluding carboxylic acids is 1. The molecule has 0 unspecified atom stereocenters. The average molecular weight is 364 g/mol. The molecule has 0 saturated heterocycles. The van der Waals surface area contributed by atoms with Crippen molar-refractivity contribution >= 4 is 17.3 Å². The Balaban J connectivity index is 1.65. The number of anilines is 2. The van der Waals surface area contributed by atoms with Gasteiger partial charge in [0.1, 0.15) is 5.75 Å². The van der Waals surface area contributed by atoms with E-state index in [1.807, 2.05) is 18.2 Å². The monoisotopic (exact) mass is 364 g/mol. The number of nitrogens with zero attached hydrogens (tertiary/aromatic N) is 1. The molecule has 2 aromatic rings. The highest BCUT2D eigenvalue weighted by atomic mass is 19.4. The molecule has 0 fully saturated rings. The van der Waals surface area contributed by atoms with Crippen molar-refractivity contribution < 1.29 is 22.7 Å². The molecular weight excluding hydrogens is 345 g/mol. The molecule has 0 aliphatic carbocycles. The van der Waals surface area contributed by atoms with Crippen LogP contribution in [-0.4, -0.2) is 31.8 Å². The summed E-state index contributed by atoms with van der Waals surface area (Å²) in [5.41, 5.74) is 3.42. The smallest absolute Gasteiger partial charge is 0.422 e. The maximum atomic E-state index is 12.3. The molecule has 1 amide bonds. The van der Waals surface area contributed by atoms with E-state index in [4.69, 9.17) is 0 Å². The number of rotatable bonds is 5. The minimum Gasteiger partial charge on any atom is -0.484 e. The number of nitrogens with one attached hydrogen (secondary N) is 1. The number of amides is 1. The number of ether oxygens (including phenoxy) is 1. The van der Waals surface area contributed by atoms with Crippen LogP contribution in [0.25, 0.3) is 0 Å². The van der Waals surface area contributed by atoms with Crippen LogP contribution in [-0.2, 0) is 6.42 Å². The molecule has 0 aromatic heterocycles. The van der Waals surface area contributed by atoms with Gasteiger partial charge in [-0.3, -0.25) is 4.79 Å². The molecule has 1 heterocycles. The van der Waals surface area contributed by atoms with Crippen molar-refractivity contribution in [1.82, 2.24) is 0 Å². The summed E-state index contributed by atoms with van der Waals surface area (Å²) in [6, 6.07) is 11.4. The third kappa shape index (κ3) is 4.28. The summed E-state index contributed by atoms with van der Waals surface area (Å²) in [6.07, 6.45) is -3.40. The number of benzene rings is 2. The Bertz CT molecular complexity index is 788. The Morgan fingerprint density at radius 3 is 2.58 bits per heavy atom. The molecule has 0 saturated carbocycles. The van der Waals surface area contributed by atoms with Crippen LogP contribution in [0.5, 0.6) is 5.75 Å². The number of fused-ring (bicyclic) bond motifs is 1. The number of carbonyl (C=O) groups is 1. The van der Waals surface area contributed by atoms with Crippen LogP contribution in [0.4, 0.5) is 24.5 Å². The lowest BCUT2D eigenvalue weighted by atomic mass is 10.1. The Hall–Kier alpha value is -2.70.